The van der Waals surface area contributed by atoms with Gasteiger partial charge in [0, 0.05) is 6.42 Å². The number of nitrogens with one attached hydrogen (secondary N) is 1. The Balaban J connectivity index is 1.83. The molecule has 1 fully saturated rings. The van der Waals surface area contributed by atoms with E-state index in [1.165, 1.54) is 25.7 Å². The Hall–Kier alpha value is -0.830. The van der Waals surface area contributed by atoms with Crippen molar-refractivity contribution in [1.29, 1.82) is 0 Å². The topological polar surface area (TPSA) is 38.1 Å². The van der Waals surface area contributed by atoms with Crippen LogP contribution in [-0.2, 0) is 13.0 Å². The Morgan fingerprint density at radius 2 is 2.27 bits per heavy atom. The molecule has 1 heterocycles. The zero-order chi connectivity index (χ0) is 10.5. The molecule has 0 saturated heterocycles. The molecule has 0 unspecified atom stereocenters. The van der Waals surface area contributed by atoms with Gasteiger partial charge in [-0.2, -0.15) is 0 Å². The smallest absolute Gasteiger partial charge is 0.208 e. The van der Waals surface area contributed by atoms with Crippen molar-refractivity contribution in [2.24, 2.45) is 5.92 Å². The lowest BCUT2D eigenvalue weighted by Gasteiger charge is -2.04. The van der Waals surface area contributed by atoms with Crippen LogP contribution in [0.5, 0.6) is 0 Å². The fraction of sp³-hybridized carbons (Fsp3) is 0.750. The van der Waals surface area contributed by atoms with E-state index in [1.54, 1.807) is 0 Å². The van der Waals surface area contributed by atoms with Crippen molar-refractivity contribution in [3.05, 3.63) is 17.8 Å². The first kappa shape index (κ1) is 10.7. The Kier molecular flexibility index (Phi) is 3.78. The second-order valence-electron chi connectivity index (χ2n) is 4.36. The van der Waals surface area contributed by atoms with Gasteiger partial charge in [-0.1, -0.05) is 32.6 Å². The molecule has 3 nitrogen and oxygen atoms in total. The second kappa shape index (κ2) is 5.31. The highest BCUT2D eigenvalue weighted by atomic mass is 16.4. The molecule has 1 aliphatic carbocycles. The molecule has 0 radical (unpaired) electrons. The van der Waals surface area contributed by atoms with E-state index in [-0.39, 0.29) is 0 Å². The second-order valence-corrected chi connectivity index (χ2v) is 4.36. The van der Waals surface area contributed by atoms with Gasteiger partial charge < -0.3 is 9.73 Å². The quantitative estimate of drug-likeness (QED) is 0.808. The predicted octanol–water partition coefficient (Wildman–Crippen LogP) is 2.52. The summed E-state index contributed by atoms with van der Waals surface area (Å²) in [6, 6.07) is 0. The van der Waals surface area contributed by atoms with Crippen molar-refractivity contribution in [2.75, 3.05) is 6.54 Å². The van der Waals surface area contributed by atoms with E-state index in [4.69, 9.17) is 4.42 Å². The number of rotatable bonds is 5. The van der Waals surface area contributed by atoms with E-state index in [2.05, 4.69) is 17.2 Å². The molecule has 15 heavy (non-hydrogen) atoms. The molecule has 84 valence electrons. The SMILES string of the molecule is CCNCc1ncc(CC2CCCC2)o1. The van der Waals surface area contributed by atoms with Gasteiger partial charge in [-0.25, -0.2) is 4.98 Å². The standard InChI is InChI=1S/C12H20N2O/c1-2-13-9-12-14-8-11(15-12)7-10-5-3-4-6-10/h8,10,13H,2-7,9H2,1H3. The van der Waals surface area contributed by atoms with E-state index in [0.717, 1.165) is 37.1 Å². The van der Waals surface area contributed by atoms with E-state index >= 15 is 0 Å². The van der Waals surface area contributed by atoms with Crippen molar-refractivity contribution < 1.29 is 4.42 Å². The Morgan fingerprint density at radius 1 is 1.47 bits per heavy atom. The third kappa shape index (κ3) is 3.06. The van der Waals surface area contributed by atoms with E-state index in [9.17, 15) is 0 Å². The normalized spacial score (nSPS) is 17.4. The lowest BCUT2D eigenvalue weighted by molar-refractivity contribution is 0.406. The van der Waals surface area contributed by atoms with Gasteiger partial charge in [-0.05, 0) is 12.5 Å². The highest BCUT2D eigenvalue weighted by Crippen LogP contribution is 2.28. The lowest BCUT2D eigenvalue weighted by Crippen LogP contribution is -2.11. The van der Waals surface area contributed by atoms with E-state index in [0.29, 0.717) is 0 Å². The first-order chi connectivity index (χ1) is 7.38. The Bertz CT molecular complexity index is 290. The molecule has 0 bridgehead atoms. The first-order valence-corrected chi connectivity index (χ1v) is 6.02. The zero-order valence-corrected chi connectivity index (χ0v) is 9.46. The minimum Gasteiger partial charge on any atom is -0.444 e. The Labute approximate surface area is 91.3 Å². The molecule has 0 atom stereocenters. The van der Waals surface area contributed by atoms with Crippen molar-refractivity contribution in [3.8, 4) is 0 Å². The summed E-state index contributed by atoms with van der Waals surface area (Å²) < 4.78 is 5.67. The van der Waals surface area contributed by atoms with Crippen molar-refractivity contribution in [1.82, 2.24) is 10.3 Å². The molecule has 1 aromatic heterocycles. The molecule has 1 N–H and O–H groups in total. The highest BCUT2D eigenvalue weighted by molar-refractivity contribution is 4.96. The average Bonchev–Trinajstić information content (AvgIpc) is 2.87. The molecule has 1 aromatic rings. The van der Waals surface area contributed by atoms with Gasteiger partial charge >= 0.3 is 0 Å². The van der Waals surface area contributed by atoms with E-state index in [1.807, 2.05) is 6.20 Å². The van der Waals surface area contributed by atoms with Crippen molar-refractivity contribution >= 4 is 0 Å². The van der Waals surface area contributed by atoms with Gasteiger partial charge in [-0.3, -0.25) is 0 Å². The predicted molar refractivity (Wildman–Crippen MR) is 59.5 cm³/mol. The lowest BCUT2D eigenvalue weighted by atomic mass is 10.0. The van der Waals surface area contributed by atoms with Gasteiger partial charge in [-0.15, -0.1) is 0 Å². The molecule has 0 spiro atoms. The first-order valence-electron chi connectivity index (χ1n) is 6.02. The van der Waals surface area contributed by atoms with Gasteiger partial charge in [0.05, 0.1) is 12.7 Å². The molecule has 0 aromatic carbocycles. The summed E-state index contributed by atoms with van der Waals surface area (Å²) in [4.78, 5) is 4.27. The summed E-state index contributed by atoms with van der Waals surface area (Å²) in [7, 11) is 0. The van der Waals surface area contributed by atoms with E-state index < -0.39 is 0 Å². The molecule has 1 saturated carbocycles. The molecule has 2 rings (SSSR count). The summed E-state index contributed by atoms with van der Waals surface area (Å²) in [6.45, 7) is 3.80. The minimum absolute atomic E-state index is 0.751. The number of aromatic nitrogens is 1. The molecular weight excluding hydrogens is 188 g/mol. The van der Waals surface area contributed by atoms with Crippen LogP contribution < -0.4 is 5.32 Å². The Morgan fingerprint density at radius 3 is 3.00 bits per heavy atom. The third-order valence-corrected chi connectivity index (χ3v) is 3.09. The van der Waals surface area contributed by atoms with Crippen molar-refractivity contribution in [3.63, 3.8) is 0 Å². The number of nitrogens with zero attached hydrogens (tertiary/aromatic N) is 1. The van der Waals surface area contributed by atoms with Crippen molar-refractivity contribution in [2.45, 2.75) is 45.6 Å². The molecule has 0 aliphatic heterocycles. The third-order valence-electron chi connectivity index (χ3n) is 3.09. The summed E-state index contributed by atoms with van der Waals surface area (Å²) in [5, 5.41) is 3.22. The maximum absolute atomic E-state index is 5.67. The van der Waals surface area contributed by atoms with Crippen LogP contribution in [0.2, 0.25) is 0 Å². The number of hydrogen-bond donors (Lipinski definition) is 1. The van der Waals surface area contributed by atoms with Gasteiger partial charge in [0.25, 0.3) is 0 Å². The van der Waals surface area contributed by atoms with Crippen LogP contribution in [0.15, 0.2) is 10.6 Å². The molecule has 0 amide bonds. The van der Waals surface area contributed by atoms with Crippen LogP contribution in [0.25, 0.3) is 0 Å². The summed E-state index contributed by atoms with van der Waals surface area (Å²) in [5.41, 5.74) is 0. The summed E-state index contributed by atoms with van der Waals surface area (Å²) >= 11 is 0. The van der Waals surface area contributed by atoms with Crippen LogP contribution in [0.1, 0.15) is 44.3 Å². The fourth-order valence-electron chi connectivity index (χ4n) is 2.26. The fourth-order valence-corrected chi connectivity index (χ4v) is 2.26. The zero-order valence-electron chi connectivity index (χ0n) is 9.46. The minimum atomic E-state index is 0.751. The summed E-state index contributed by atoms with van der Waals surface area (Å²) in [6.07, 6.45) is 8.49. The maximum atomic E-state index is 5.67. The molecular formula is C12H20N2O. The van der Waals surface area contributed by atoms with Crippen LogP contribution in [-0.4, -0.2) is 11.5 Å². The number of oxazole rings is 1. The van der Waals surface area contributed by atoms with Crippen LogP contribution >= 0.6 is 0 Å². The molecule has 3 heteroatoms. The largest absolute Gasteiger partial charge is 0.444 e. The van der Waals surface area contributed by atoms with Crippen LogP contribution in [0.3, 0.4) is 0 Å². The van der Waals surface area contributed by atoms with Crippen LogP contribution in [0.4, 0.5) is 0 Å². The van der Waals surface area contributed by atoms with Gasteiger partial charge in [0.15, 0.2) is 0 Å². The highest BCUT2D eigenvalue weighted by Gasteiger charge is 2.17. The van der Waals surface area contributed by atoms with Crippen LogP contribution in [0, 0.1) is 5.92 Å². The van der Waals surface area contributed by atoms with Gasteiger partial charge in [0.2, 0.25) is 5.89 Å². The summed E-state index contributed by atoms with van der Waals surface area (Å²) in [5.74, 6) is 2.73. The average molecular weight is 208 g/mol. The monoisotopic (exact) mass is 208 g/mol. The number of hydrogen-bond acceptors (Lipinski definition) is 3. The maximum Gasteiger partial charge on any atom is 0.208 e. The molecule has 1 aliphatic rings. The van der Waals surface area contributed by atoms with Gasteiger partial charge in [0.1, 0.15) is 5.76 Å².